The van der Waals surface area contributed by atoms with Crippen molar-refractivity contribution in [3.8, 4) is 0 Å². The minimum absolute atomic E-state index is 0.108. The summed E-state index contributed by atoms with van der Waals surface area (Å²) in [7, 11) is 1.61. The SMILES string of the molecule is CC.CNC(=O)c1ccc(C(N)C2CN2C(=O)C2CCC2)cc1. The average molecular weight is 317 g/mol. The second kappa shape index (κ2) is 7.59. The van der Waals surface area contributed by atoms with E-state index in [1.54, 1.807) is 19.2 Å². The van der Waals surface area contributed by atoms with Gasteiger partial charge in [-0.3, -0.25) is 9.59 Å². The van der Waals surface area contributed by atoms with Gasteiger partial charge in [-0.05, 0) is 30.5 Å². The van der Waals surface area contributed by atoms with E-state index in [0.29, 0.717) is 5.56 Å². The Balaban J connectivity index is 0.000000924. The molecule has 0 radical (unpaired) electrons. The van der Waals surface area contributed by atoms with Crippen LogP contribution in [0.2, 0.25) is 0 Å². The van der Waals surface area contributed by atoms with Crippen molar-refractivity contribution < 1.29 is 9.59 Å². The van der Waals surface area contributed by atoms with Crippen LogP contribution in [0.1, 0.15) is 55.1 Å². The Kier molecular flexibility index (Phi) is 5.77. The molecule has 1 aliphatic heterocycles. The van der Waals surface area contributed by atoms with E-state index < -0.39 is 0 Å². The third-order valence-electron chi connectivity index (χ3n) is 4.59. The Morgan fingerprint density at radius 2 is 1.83 bits per heavy atom. The molecule has 1 saturated carbocycles. The van der Waals surface area contributed by atoms with E-state index in [9.17, 15) is 9.59 Å². The van der Waals surface area contributed by atoms with Crippen molar-refractivity contribution in [1.29, 1.82) is 0 Å². The van der Waals surface area contributed by atoms with E-state index in [0.717, 1.165) is 24.9 Å². The number of carbonyl (C=O) groups is 2. The van der Waals surface area contributed by atoms with Crippen molar-refractivity contribution >= 4 is 11.8 Å². The van der Waals surface area contributed by atoms with Gasteiger partial charge in [-0.15, -0.1) is 0 Å². The molecule has 1 saturated heterocycles. The van der Waals surface area contributed by atoms with E-state index in [-0.39, 0.29) is 29.8 Å². The first-order chi connectivity index (χ1) is 11.1. The molecule has 3 N–H and O–H groups in total. The van der Waals surface area contributed by atoms with Gasteiger partial charge < -0.3 is 16.0 Å². The molecular weight excluding hydrogens is 290 g/mol. The molecule has 1 heterocycles. The molecule has 2 atom stereocenters. The van der Waals surface area contributed by atoms with Crippen molar-refractivity contribution in [2.24, 2.45) is 11.7 Å². The van der Waals surface area contributed by atoms with Crippen LogP contribution in [0.3, 0.4) is 0 Å². The average Bonchev–Trinajstić information content (AvgIpc) is 3.34. The normalized spacial score (nSPS) is 20.7. The molecule has 2 amide bonds. The van der Waals surface area contributed by atoms with Gasteiger partial charge in [0.25, 0.3) is 5.91 Å². The Hall–Kier alpha value is -1.88. The molecule has 23 heavy (non-hydrogen) atoms. The van der Waals surface area contributed by atoms with Crippen LogP contribution in [-0.4, -0.2) is 36.3 Å². The Morgan fingerprint density at radius 3 is 2.30 bits per heavy atom. The number of nitrogens with one attached hydrogen (secondary N) is 1. The molecule has 0 bridgehead atoms. The summed E-state index contributed by atoms with van der Waals surface area (Å²) in [6, 6.07) is 7.24. The number of rotatable bonds is 4. The first-order valence-electron chi connectivity index (χ1n) is 8.50. The number of benzene rings is 1. The zero-order chi connectivity index (χ0) is 17.0. The van der Waals surface area contributed by atoms with E-state index in [1.165, 1.54) is 6.42 Å². The maximum absolute atomic E-state index is 12.1. The third kappa shape index (κ3) is 3.72. The Bertz CT molecular complexity index is 552. The maximum atomic E-state index is 12.1. The van der Waals surface area contributed by atoms with Crippen LogP contribution in [0.25, 0.3) is 0 Å². The highest BCUT2D eigenvalue weighted by atomic mass is 16.2. The van der Waals surface area contributed by atoms with Gasteiger partial charge in [0, 0.05) is 25.1 Å². The summed E-state index contributed by atoms with van der Waals surface area (Å²) in [5.41, 5.74) is 7.84. The molecular formula is C18H27N3O2. The van der Waals surface area contributed by atoms with E-state index in [4.69, 9.17) is 5.73 Å². The molecule has 2 unspecified atom stereocenters. The Labute approximate surface area is 138 Å². The largest absolute Gasteiger partial charge is 0.355 e. The predicted octanol–water partition coefficient (Wildman–Crippen LogP) is 2.08. The second-order valence-electron chi connectivity index (χ2n) is 5.91. The van der Waals surface area contributed by atoms with E-state index in [2.05, 4.69) is 5.32 Å². The monoisotopic (exact) mass is 317 g/mol. The standard InChI is InChI=1S/C16H21N3O2.C2H6/c1-18-15(20)11-7-5-10(6-8-11)14(17)13-9-19(13)16(21)12-3-2-4-12;1-2/h5-8,12-14H,2-4,9,17H2,1H3,(H,18,20);1-2H3. The van der Waals surface area contributed by atoms with Gasteiger partial charge in [0.2, 0.25) is 5.91 Å². The Morgan fingerprint density at radius 1 is 1.22 bits per heavy atom. The lowest BCUT2D eigenvalue weighted by Crippen LogP contribution is -2.31. The lowest BCUT2D eigenvalue weighted by Gasteiger charge is -2.25. The molecule has 126 valence electrons. The lowest BCUT2D eigenvalue weighted by molar-refractivity contribution is -0.133. The van der Waals surface area contributed by atoms with Gasteiger partial charge in [-0.25, -0.2) is 0 Å². The summed E-state index contributed by atoms with van der Waals surface area (Å²) >= 11 is 0. The molecule has 3 rings (SSSR count). The summed E-state index contributed by atoms with van der Waals surface area (Å²) in [6.45, 7) is 4.76. The molecule has 1 aliphatic carbocycles. The van der Waals surface area contributed by atoms with Crippen LogP contribution >= 0.6 is 0 Å². The van der Waals surface area contributed by atoms with Gasteiger partial charge >= 0.3 is 0 Å². The fourth-order valence-electron chi connectivity index (χ4n) is 2.83. The first-order valence-corrected chi connectivity index (χ1v) is 8.50. The molecule has 1 aromatic rings. The van der Waals surface area contributed by atoms with Crippen LogP contribution in [0, 0.1) is 5.92 Å². The van der Waals surface area contributed by atoms with Crippen molar-refractivity contribution in [1.82, 2.24) is 10.2 Å². The summed E-state index contributed by atoms with van der Waals surface area (Å²) < 4.78 is 0. The molecule has 5 nitrogen and oxygen atoms in total. The molecule has 2 fully saturated rings. The molecule has 1 aromatic carbocycles. The number of nitrogens with zero attached hydrogens (tertiary/aromatic N) is 1. The number of nitrogens with two attached hydrogens (primary N) is 1. The van der Waals surface area contributed by atoms with Gasteiger partial charge in [-0.2, -0.15) is 0 Å². The highest BCUT2D eigenvalue weighted by Crippen LogP contribution is 2.36. The number of carbonyl (C=O) groups excluding carboxylic acids is 2. The van der Waals surface area contributed by atoms with Crippen molar-refractivity contribution in [2.45, 2.75) is 45.2 Å². The molecule has 0 spiro atoms. The van der Waals surface area contributed by atoms with Crippen LogP contribution in [-0.2, 0) is 4.79 Å². The van der Waals surface area contributed by atoms with E-state index in [1.807, 2.05) is 30.9 Å². The third-order valence-corrected chi connectivity index (χ3v) is 4.59. The highest BCUT2D eigenvalue weighted by molar-refractivity contribution is 5.94. The van der Waals surface area contributed by atoms with Crippen LogP contribution in [0.5, 0.6) is 0 Å². The first kappa shape index (κ1) is 17.5. The van der Waals surface area contributed by atoms with Gasteiger partial charge in [0.1, 0.15) is 0 Å². The number of amides is 2. The van der Waals surface area contributed by atoms with Gasteiger partial charge in [0.15, 0.2) is 0 Å². The summed E-state index contributed by atoms with van der Waals surface area (Å²) in [5.74, 6) is 0.393. The quantitative estimate of drug-likeness (QED) is 0.835. The molecule has 2 aliphatic rings. The highest BCUT2D eigenvalue weighted by Gasteiger charge is 2.46. The minimum atomic E-state index is -0.173. The zero-order valence-electron chi connectivity index (χ0n) is 14.2. The fourth-order valence-corrected chi connectivity index (χ4v) is 2.83. The summed E-state index contributed by atoms with van der Waals surface area (Å²) in [5, 5.41) is 2.59. The van der Waals surface area contributed by atoms with Gasteiger partial charge in [-0.1, -0.05) is 32.4 Å². The maximum Gasteiger partial charge on any atom is 0.251 e. The van der Waals surface area contributed by atoms with Crippen molar-refractivity contribution in [3.05, 3.63) is 35.4 Å². The smallest absolute Gasteiger partial charge is 0.251 e. The van der Waals surface area contributed by atoms with Crippen molar-refractivity contribution in [3.63, 3.8) is 0 Å². The molecule has 0 aromatic heterocycles. The van der Waals surface area contributed by atoms with Crippen LogP contribution in [0.15, 0.2) is 24.3 Å². The predicted molar refractivity (Wildman–Crippen MR) is 91.0 cm³/mol. The van der Waals surface area contributed by atoms with Gasteiger partial charge in [0.05, 0.1) is 12.1 Å². The zero-order valence-corrected chi connectivity index (χ0v) is 14.2. The summed E-state index contributed by atoms with van der Waals surface area (Å²) in [6.07, 6.45) is 3.22. The fraction of sp³-hybridized carbons (Fsp3) is 0.556. The summed E-state index contributed by atoms with van der Waals surface area (Å²) in [4.78, 5) is 25.5. The lowest BCUT2D eigenvalue weighted by atomic mass is 9.85. The van der Waals surface area contributed by atoms with Crippen LogP contribution < -0.4 is 11.1 Å². The minimum Gasteiger partial charge on any atom is -0.355 e. The van der Waals surface area contributed by atoms with Crippen LogP contribution in [0.4, 0.5) is 0 Å². The topological polar surface area (TPSA) is 75.2 Å². The molecule has 5 heteroatoms. The second-order valence-corrected chi connectivity index (χ2v) is 5.91. The number of hydrogen-bond donors (Lipinski definition) is 2. The number of hydrogen-bond acceptors (Lipinski definition) is 3. The van der Waals surface area contributed by atoms with E-state index >= 15 is 0 Å². The van der Waals surface area contributed by atoms with Crippen molar-refractivity contribution in [2.75, 3.05) is 13.6 Å².